The van der Waals surface area contributed by atoms with Crippen LogP contribution in [-0.2, 0) is 0 Å². The van der Waals surface area contributed by atoms with Crippen LogP contribution in [0, 0.1) is 5.92 Å². The van der Waals surface area contributed by atoms with Crippen molar-refractivity contribution in [2.45, 2.75) is 51.5 Å². The Kier molecular flexibility index (Phi) is 3.90. The molecule has 1 aliphatic heterocycles. The second-order valence-electron chi connectivity index (χ2n) is 6.18. The second-order valence-corrected chi connectivity index (χ2v) is 6.18. The van der Waals surface area contributed by atoms with E-state index in [4.69, 9.17) is 0 Å². The minimum absolute atomic E-state index is 0.634. The molecular formula is C16H25N3. The number of anilines is 2. The van der Waals surface area contributed by atoms with E-state index in [0.29, 0.717) is 6.04 Å². The summed E-state index contributed by atoms with van der Waals surface area (Å²) in [6, 6.07) is 4.88. The van der Waals surface area contributed by atoms with Crippen molar-refractivity contribution in [1.29, 1.82) is 0 Å². The van der Waals surface area contributed by atoms with Gasteiger partial charge in [0.15, 0.2) is 5.82 Å². The van der Waals surface area contributed by atoms with Crippen molar-refractivity contribution in [3.05, 3.63) is 18.3 Å². The van der Waals surface area contributed by atoms with Crippen molar-refractivity contribution in [1.82, 2.24) is 4.98 Å². The van der Waals surface area contributed by atoms with Gasteiger partial charge >= 0.3 is 0 Å². The highest BCUT2D eigenvalue weighted by Crippen LogP contribution is 2.30. The van der Waals surface area contributed by atoms with Gasteiger partial charge in [-0.3, -0.25) is 0 Å². The predicted molar refractivity (Wildman–Crippen MR) is 80.7 cm³/mol. The smallest absolute Gasteiger partial charge is 0.151 e. The lowest BCUT2D eigenvalue weighted by molar-refractivity contribution is 0.358. The van der Waals surface area contributed by atoms with Crippen LogP contribution in [-0.4, -0.2) is 24.1 Å². The highest BCUT2D eigenvalue weighted by atomic mass is 15.2. The topological polar surface area (TPSA) is 28.2 Å². The fraction of sp³-hybridized carbons (Fsp3) is 0.688. The number of pyridine rings is 1. The summed E-state index contributed by atoms with van der Waals surface area (Å²) < 4.78 is 0. The molecule has 2 atom stereocenters. The molecule has 0 spiro atoms. The molecule has 3 heteroatoms. The molecule has 2 aliphatic rings. The lowest BCUT2D eigenvalue weighted by Gasteiger charge is -2.30. The third-order valence-electron chi connectivity index (χ3n) is 4.49. The summed E-state index contributed by atoms with van der Waals surface area (Å²) in [5.41, 5.74) is 1.24. The van der Waals surface area contributed by atoms with Crippen molar-refractivity contribution < 1.29 is 0 Å². The molecule has 0 bridgehead atoms. The van der Waals surface area contributed by atoms with E-state index in [1.54, 1.807) is 0 Å². The van der Waals surface area contributed by atoms with Crippen molar-refractivity contribution in [2.24, 2.45) is 5.92 Å². The number of hydrogen-bond acceptors (Lipinski definition) is 3. The minimum Gasteiger partial charge on any atom is -0.379 e. The van der Waals surface area contributed by atoms with Gasteiger partial charge in [0.05, 0.1) is 5.69 Å². The van der Waals surface area contributed by atoms with E-state index >= 15 is 0 Å². The van der Waals surface area contributed by atoms with Gasteiger partial charge in [-0.15, -0.1) is 0 Å². The molecule has 3 nitrogen and oxygen atoms in total. The Balaban J connectivity index is 1.72. The van der Waals surface area contributed by atoms with Crippen LogP contribution in [0.1, 0.15) is 45.4 Å². The third-order valence-corrected chi connectivity index (χ3v) is 4.49. The van der Waals surface area contributed by atoms with E-state index in [1.807, 2.05) is 12.3 Å². The number of aromatic nitrogens is 1. The largest absolute Gasteiger partial charge is 0.379 e. The molecule has 2 unspecified atom stereocenters. The molecule has 1 saturated carbocycles. The van der Waals surface area contributed by atoms with E-state index in [1.165, 1.54) is 50.0 Å². The maximum atomic E-state index is 4.61. The molecule has 2 fully saturated rings. The van der Waals surface area contributed by atoms with Crippen LogP contribution in [0.3, 0.4) is 0 Å². The first-order valence-electron chi connectivity index (χ1n) is 7.79. The van der Waals surface area contributed by atoms with Gasteiger partial charge in [-0.05, 0) is 43.7 Å². The molecule has 1 aliphatic carbocycles. The summed E-state index contributed by atoms with van der Waals surface area (Å²) in [6.07, 6.45) is 9.88. The summed E-state index contributed by atoms with van der Waals surface area (Å²) in [6.45, 7) is 4.69. The predicted octanol–water partition coefficient (Wildman–Crippen LogP) is 3.67. The van der Waals surface area contributed by atoms with E-state index in [-0.39, 0.29) is 0 Å². The maximum absolute atomic E-state index is 4.61. The van der Waals surface area contributed by atoms with Gasteiger partial charge < -0.3 is 10.2 Å². The van der Waals surface area contributed by atoms with Crippen LogP contribution in [0.5, 0.6) is 0 Å². The van der Waals surface area contributed by atoms with Gasteiger partial charge in [-0.25, -0.2) is 4.98 Å². The van der Waals surface area contributed by atoms with Crippen LogP contribution in [0.25, 0.3) is 0 Å². The Labute approximate surface area is 116 Å². The van der Waals surface area contributed by atoms with Gasteiger partial charge in [0, 0.05) is 25.3 Å². The van der Waals surface area contributed by atoms with Crippen LogP contribution in [0.2, 0.25) is 0 Å². The second kappa shape index (κ2) is 5.81. The van der Waals surface area contributed by atoms with Gasteiger partial charge in [-0.1, -0.05) is 19.8 Å². The third kappa shape index (κ3) is 3.02. The monoisotopic (exact) mass is 259 g/mol. The van der Waals surface area contributed by atoms with Crippen molar-refractivity contribution in [2.75, 3.05) is 23.3 Å². The first-order valence-corrected chi connectivity index (χ1v) is 7.79. The Morgan fingerprint density at radius 3 is 2.84 bits per heavy atom. The Bertz CT molecular complexity index is 412. The summed E-state index contributed by atoms with van der Waals surface area (Å²) in [7, 11) is 0. The molecule has 0 aromatic carbocycles. The van der Waals surface area contributed by atoms with Gasteiger partial charge in [0.25, 0.3) is 0 Å². The normalized spacial score (nSPS) is 27.5. The quantitative estimate of drug-likeness (QED) is 0.897. The highest BCUT2D eigenvalue weighted by Gasteiger charge is 2.22. The average Bonchev–Trinajstić information content (AvgIpc) is 2.93. The van der Waals surface area contributed by atoms with E-state index in [9.17, 15) is 0 Å². The zero-order chi connectivity index (χ0) is 13.1. The summed E-state index contributed by atoms with van der Waals surface area (Å²) in [4.78, 5) is 7.03. The van der Waals surface area contributed by atoms with E-state index < -0.39 is 0 Å². The summed E-state index contributed by atoms with van der Waals surface area (Å²) in [5, 5.41) is 3.75. The number of nitrogens with one attached hydrogen (secondary N) is 1. The van der Waals surface area contributed by atoms with Crippen LogP contribution in [0.15, 0.2) is 18.3 Å². The van der Waals surface area contributed by atoms with Gasteiger partial charge in [0.2, 0.25) is 0 Å². The first kappa shape index (κ1) is 12.8. The fourth-order valence-electron chi connectivity index (χ4n) is 3.48. The number of hydrogen-bond donors (Lipinski definition) is 1. The minimum atomic E-state index is 0.634. The molecule has 1 aromatic rings. The van der Waals surface area contributed by atoms with E-state index in [0.717, 1.165) is 19.0 Å². The summed E-state index contributed by atoms with van der Waals surface area (Å²) in [5.74, 6) is 2.02. The first-order chi connectivity index (χ1) is 9.33. The summed E-state index contributed by atoms with van der Waals surface area (Å²) >= 11 is 0. The van der Waals surface area contributed by atoms with Crippen molar-refractivity contribution >= 4 is 11.5 Å². The molecule has 19 heavy (non-hydrogen) atoms. The molecule has 1 aromatic heterocycles. The Hall–Kier alpha value is -1.25. The Morgan fingerprint density at radius 2 is 2.05 bits per heavy atom. The van der Waals surface area contributed by atoms with Crippen molar-refractivity contribution in [3.63, 3.8) is 0 Å². The Morgan fingerprint density at radius 1 is 1.21 bits per heavy atom. The van der Waals surface area contributed by atoms with E-state index in [2.05, 4.69) is 28.2 Å². The molecule has 3 rings (SSSR count). The molecule has 1 saturated heterocycles. The zero-order valence-corrected chi connectivity index (χ0v) is 11.9. The van der Waals surface area contributed by atoms with Crippen LogP contribution < -0.4 is 10.2 Å². The van der Waals surface area contributed by atoms with Crippen molar-refractivity contribution in [3.8, 4) is 0 Å². The maximum Gasteiger partial charge on any atom is 0.151 e. The molecule has 1 N–H and O–H groups in total. The highest BCUT2D eigenvalue weighted by molar-refractivity contribution is 5.66. The number of rotatable bonds is 3. The molecular weight excluding hydrogens is 234 g/mol. The fourth-order valence-corrected chi connectivity index (χ4v) is 3.48. The molecule has 104 valence electrons. The lowest BCUT2D eigenvalue weighted by Crippen LogP contribution is -2.28. The van der Waals surface area contributed by atoms with Gasteiger partial charge in [-0.2, -0.15) is 0 Å². The molecule has 0 radical (unpaired) electrons. The average molecular weight is 259 g/mol. The standard InChI is InChI=1S/C16H25N3/c1-13-6-4-7-14(12-13)18-15-8-5-9-17-16(15)19-10-2-3-11-19/h5,8-9,13-14,18H,2-4,6-7,10-12H2,1H3. The SMILES string of the molecule is CC1CCCC(Nc2cccnc2N2CCCC2)C1. The van der Waals surface area contributed by atoms with Gasteiger partial charge in [0.1, 0.15) is 0 Å². The lowest BCUT2D eigenvalue weighted by atomic mass is 9.87. The molecule has 2 heterocycles. The number of nitrogens with zero attached hydrogens (tertiary/aromatic N) is 2. The molecule has 0 amide bonds. The van der Waals surface area contributed by atoms with Crippen LogP contribution >= 0.6 is 0 Å². The van der Waals surface area contributed by atoms with Crippen LogP contribution in [0.4, 0.5) is 11.5 Å². The zero-order valence-electron chi connectivity index (χ0n) is 11.9.